The van der Waals surface area contributed by atoms with Gasteiger partial charge < -0.3 is 4.74 Å². The third kappa shape index (κ3) is 3.75. The fraction of sp³-hybridized carbons (Fsp3) is 0. The summed E-state index contributed by atoms with van der Waals surface area (Å²) in [6.45, 7) is 0. The summed E-state index contributed by atoms with van der Waals surface area (Å²) in [4.78, 5) is 3.83. The summed E-state index contributed by atoms with van der Waals surface area (Å²) in [5, 5.41) is 20.6. The third-order valence-electron chi connectivity index (χ3n) is 2.32. The molecule has 0 aliphatic heterocycles. The Labute approximate surface area is 119 Å². The maximum atomic E-state index is 13.9. The van der Waals surface area contributed by atoms with Gasteiger partial charge in [-0.3, -0.25) is 10.4 Å². The van der Waals surface area contributed by atoms with E-state index in [-0.39, 0.29) is 17.1 Å². The van der Waals surface area contributed by atoms with E-state index in [2.05, 4.69) is 15.5 Å². The maximum absolute atomic E-state index is 13.9. The minimum Gasteiger partial charge on any atom is -0.454 e. The molecule has 0 bridgehead atoms. The van der Waals surface area contributed by atoms with Crippen molar-refractivity contribution in [1.82, 2.24) is 4.98 Å². The first-order valence-corrected chi connectivity index (χ1v) is 5.74. The number of halogens is 1. The van der Waals surface area contributed by atoms with E-state index in [1.807, 2.05) is 0 Å². The smallest absolute Gasteiger partial charge is 0.237 e. The average molecular weight is 281 g/mol. The molecule has 0 radical (unpaired) electrons. The van der Waals surface area contributed by atoms with Crippen LogP contribution in [0.15, 0.2) is 47.8 Å². The summed E-state index contributed by atoms with van der Waals surface area (Å²) in [6.07, 6.45) is 3.06. The van der Waals surface area contributed by atoms with E-state index in [9.17, 15) is 4.39 Å². The van der Waals surface area contributed by atoms with Gasteiger partial charge in [0.2, 0.25) is 5.71 Å². The Morgan fingerprint density at radius 2 is 1.90 bits per heavy atom. The molecule has 0 saturated carbocycles. The highest BCUT2D eigenvalue weighted by molar-refractivity contribution is 6.10. The van der Waals surface area contributed by atoms with Gasteiger partial charge in [-0.2, -0.15) is 15.6 Å². The first-order valence-electron chi connectivity index (χ1n) is 5.74. The zero-order chi connectivity index (χ0) is 15.1. The van der Waals surface area contributed by atoms with Crippen LogP contribution in [0.2, 0.25) is 0 Å². The molecule has 0 aliphatic carbocycles. The molecule has 0 unspecified atom stereocenters. The zero-order valence-electron chi connectivity index (χ0n) is 10.6. The van der Waals surface area contributed by atoms with Crippen molar-refractivity contribution >= 4 is 11.4 Å². The lowest BCUT2D eigenvalue weighted by molar-refractivity contribution is 0.442. The predicted molar refractivity (Wildman–Crippen MR) is 73.0 cm³/mol. The van der Waals surface area contributed by atoms with Crippen molar-refractivity contribution in [2.75, 3.05) is 5.43 Å². The molecular formula is C14H8FN5O. The largest absolute Gasteiger partial charge is 0.454 e. The lowest BCUT2D eigenvalue weighted by atomic mass is 10.3. The van der Waals surface area contributed by atoms with E-state index in [1.54, 1.807) is 24.3 Å². The van der Waals surface area contributed by atoms with Gasteiger partial charge in [0.1, 0.15) is 17.9 Å². The summed E-state index contributed by atoms with van der Waals surface area (Å²) in [6, 6.07) is 10.4. The van der Waals surface area contributed by atoms with Crippen LogP contribution in [0.3, 0.4) is 0 Å². The Kier molecular flexibility index (Phi) is 4.42. The molecule has 0 saturated heterocycles. The first kappa shape index (κ1) is 14.0. The Morgan fingerprint density at radius 1 is 1.19 bits per heavy atom. The first-order chi connectivity index (χ1) is 10.2. The van der Waals surface area contributed by atoms with Gasteiger partial charge in [0.05, 0.1) is 5.69 Å². The molecule has 6 nitrogen and oxygen atoms in total. The van der Waals surface area contributed by atoms with Crippen molar-refractivity contribution < 1.29 is 9.13 Å². The number of benzene rings is 1. The number of nitrogens with zero attached hydrogens (tertiary/aromatic N) is 4. The number of hydrazone groups is 1. The third-order valence-corrected chi connectivity index (χ3v) is 2.32. The van der Waals surface area contributed by atoms with Crippen LogP contribution >= 0.6 is 0 Å². The molecule has 102 valence electrons. The van der Waals surface area contributed by atoms with E-state index >= 15 is 0 Å². The highest BCUT2D eigenvalue weighted by Gasteiger charge is 2.06. The van der Waals surface area contributed by atoms with Crippen molar-refractivity contribution in [3.05, 3.63) is 48.5 Å². The van der Waals surface area contributed by atoms with Crippen molar-refractivity contribution in [3.8, 4) is 23.6 Å². The lowest BCUT2D eigenvalue weighted by Crippen LogP contribution is -1.97. The molecule has 1 heterocycles. The van der Waals surface area contributed by atoms with E-state index in [1.165, 1.54) is 24.5 Å². The Morgan fingerprint density at radius 3 is 2.52 bits per heavy atom. The standard InChI is InChI=1S/C14H8FN5O/c15-13-7-10(19-20-11(8-16)9-17)1-2-14(13)21-12-3-5-18-6-4-12/h1-7,19H. The van der Waals surface area contributed by atoms with Gasteiger partial charge >= 0.3 is 0 Å². The van der Waals surface area contributed by atoms with Gasteiger partial charge in [0.15, 0.2) is 11.6 Å². The number of aromatic nitrogens is 1. The number of anilines is 1. The van der Waals surface area contributed by atoms with Crippen LogP contribution in [0.4, 0.5) is 10.1 Å². The second-order valence-corrected chi connectivity index (χ2v) is 3.73. The lowest BCUT2D eigenvalue weighted by Gasteiger charge is -2.07. The molecule has 1 aromatic carbocycles. The molecule has 2 rings (SSSR count). The quantitative estimate of drug-likeness (QED) is 0.686. The molecule has 0 spiro atoms. The predicted octanol–water partition coefficient (Wildman–Crippen LogP) is 2.83. The number of hydrogen-bond donors (Lipinski definition) is 1. The highest BCUT2D eigenvalue weighted by atomic mass is 19.1. The number of nitrogens with one attached hydrogen (secondary N) is 1. The molecule has 0 aliphatic rings. The van der Waals surface area contributed by atoms with Crippen LogP contribution < -0.4 is 10.2 Å². The summed E-state index contributed by atoms with van der Waals surface area (Å²) in [5.74, 6) is -0.113. The molecule has 2 aromatic rings. The van der Waals surface area contributed by atoms with Gasteiger partial charge in [-0.25, -0.2) is 4.39 Å². The fourth-order valence-corrected chi connectivity index (χ4v) is 1.38. The number of hydrogen-bond acceptors (Lipinski definition) is 6. The Hall–Kier alpha value is -3.45. The molecule has 1 N–H and O–H groups in total. The van der Waals surface area contributed by atoms with Gasteiger partial charge in [0.25, 0.3) is 0 Å². The number of nitriles is 2. The number of rotatable bonds is 4. The van der Waals surface area contributed by atoms with Crippen molar-refractivity contribution in [1.29, 1.82) is 10.5 Å². The van der Waals surface area contributed by atoms with Crippen LogP contribution in [-0.2, 0) is 0 Å². The second kappa shape index (κ2) is 6.64. The van der Waals surface area contributed by atoms with Crippen molar-refractivity contribution in [2.24, 2.45) is 5.10 Å². The van der Waals surface area contributed by atoms with Crippen LogP contribution in [0, 0.1) is 28.5 Å². The Balaban J connectivity index is 2.13. The van der Waals surface area contributed by atoms with E-state index in [0.29, 0.717) is 5.75 Å². The van der Waals surface area contributed by atoms with Gasteiger partial charge in [-0.05, 0) is 24.3 Å². The zero-order valence-corrected chi connectivity index (χ0v) is 10.6. The van der Waals surface area contributed by atoms with Gasteiger partial charge in [-0.1, -0.05) is 0 Å². The van der Waals surface area contributed by atoms with Gasteiger partial charge in [-0.15, -0.1) is 0 Å². The minimum atomic E-state index is -0.609. The van der Waals surface area contributed by atoms with E-state index in [4.69, 9.17) is 15.3 Å². The van der Waals surface area contributed by atoms with Crippen LogP contribution in [0.5, 0.6) is 11.5 Å². The topological polar surface area (TPSA) is 94.1 Å². The summed E-state index contributed by atoms with van der Waals surface area (Å²) in [5.41, 5.74) is 2.35. The summed E-state index contributed by atoms with van der Waals surface area (Å²) in [7, 11) is 0. The van der Waals surface area contributed by atoms with Crippen LogP contribution in [0.25, 0.3) is 0 Å². The second-order valence-electron chi connectivity index (χ2n) is 3.73. The molecule has 0 amide bonds. The molecule has 0 atom stereocenters. The number of ether oxygens (including phenoxy) is 1. The SMILES string of the molecule is N#CC(C#N)=NNc1ccc(Oc2ccncc2)c(F)c1. The molecule has 1 aromatic heterocycles. The van der Waals surface area contributed by atoms with Crippen molar-refractivity contribution in [3.63, 3.8) is 0 Å². The normalized spacial score (nSPS) is 9.10. The molecule has 0 fully saturated rings. The Bertz CT molecular complexity index is 730. The molecule has 21 heavy (non-hydrogen) atoms. The summed E-state index contributed by atoms with van der Waals surface area (Å²) >= 11 is 0. The van der Waals surface area contributed by atoms with Gasteiger partial charge in [0, 0.05) is 18.5 Å². The maximum Gasteiger partial charge on any atom is 0.237 e. The fourth-order valence-electron chi connectivity index (χ4n) is 1.38. The average Bonchev–Trinajstić information content (AvgIpc) is 2.52. The molecular weight excluding hydrogens is 273 g/mol. The van der Waals surface area contributed by atoms with Crippen LogP contribution in [0.1, 0.15) is 0 Å². The minimum absolute atomic E-state index is 0.0384. The number of pyridine rings is 1. The molecule has 7 heteroatoms. The summed E-state index contributed by atoms with van der Waals surface area (Å²) < 4.78 is 19.2. The van der Waals surface area contributed by atoms with Crippen LogP contribution in [-0.4, -0.2) is 10.7 Å². The van der Waals surface area contributed by atoms with E-state index in [0.717, 1.165) is 6.07 Å². The van der Waals surface area contributed by atoms with E-state index < -0.39 is 5.82 Å². The monoisotopic (exact) mass is 281 g/mol. The van der Waals surface area contributed by atoms with Crippen molar-refractivity contribution in [2.45, 2.75) is 0 Å². The highest BCUT2D eigenvalue weighted by Crippen LogP contribution is 2.26.